The van der Waals surface area contributed by atoms with Crippen molar-refractivity contribution in [3.05, 3.63) is 0 Å². The number of amides is 1. The fraction of sp³-hybridized carbons (Fsp3) is 0.933. The zero-order valence-corrected chi connectivity index (χ0v) is 13.2. The summed E-state index contributed by atoms with van der Waals surface area (Å²) in [4.78, 5) is 13.9. The van der Waals surface area contributed by atoms with Gasteiger partial charge in [-0.2, -0.15) is 0 Å². The van der Waals surface area contributed by atoms with E-state index >= 15 is 0 Å². The van der Waals surface area contributed by atoms with Gasteiger partial charge in [0.25, 0.3) is 0 Å². The first-order chi connectivity index (χ1) is 9.17. The monoisotopic (exact) mass is 283 g/mol. The van der Waals surface area contributed by atoms with Crippen molar-refractivity contribution in [1.29, 1.82) is 0 Å². The number of rotatable bonds is 6. The van der Waals surface area contributed by atoms with E-state index in [0.29, 0.717) is 6.04 Å². The highest BCUT2D eigenvalue weighted by Crippen LogP contribution is 2.28. The molecule has 0 aromatic carbocycles. The van der Waals surface area contributed by atoms with Gasteiger partial charge in [0.05, 0.1) is 17.2 Å². The van der Waals surface area contributed by atoms with E-state index in [1.165, 1.54) is 12.8 Å². The smallest absolute Gasteiger partial charge is 0.234 e. The van der Waals surface area contributed by atoms with Crippen LogP contribution in [-0.2, 0) is 9.53 Å². The molecular weight excluding hydrogens is 254 g/mol. The fourth-order valence-electron chi connectivity index (χ4n) is 3.26. The molecule has 20 heavy (non-hydrogen) atoms. The molecule has 116 valence electrons. The normalized spacial score (nSPS) is 27.2. The standard InChI is InChI=1S/C15H29N3O2/c1-14(2)9-18(10-15(3,4)20-14)8-7-12(13(16)19)17-11-5-6-11/h11-12,17H,5-10H2,1-4H3,(H2,16,19). The van der Waals surface area contributed by atoms with E-state index in [1.807, 2.05) is 0 Å². The summed E-state index contributed by atoms with van der Waals surface area (Å²) < 4.78 is 6.07. The van der Waals surface area contributed by atoms with Crippen LogP contribution in [0.3, 0.4) is 0 Å². The first-order valence-corrected chi connectivity index (χ1v) is 7.65. The number of primary amides is 1. The van der Waals surface area contributed by atoms with Gasteiger partial charge in [0.1, 0.15) is 0 Å². The molecule has 1 amide bonds. The number of carbonyl (C=O) groups is 1. The summed E-state index contributed by atoms with van der Waals surface area (Å²) in [5.74, 6) is -0.233. The molecule has 5 nitrogen and oxygen atoms in total. The van der Waals surface area contributed by atoms with Crippen LogP contribution in [0, 0.1) is 0 Å². The number of nitrogens with one attached hydrogen (secondary N) is 1. The van der Waals surface area contributed by atoms with Crippen LogP contribution in [0.15, 0.2) is 0 Å². The molecule has 2 aliphatic rings. The molecule has 3 N–H and O–H groups in total. The number of nitrogens with zero attached hydrogens (tertiary/aromatic N) is 1. The molecule has 2 rings (SSSR count). The minimum atomic E-state index is -0.233. The van der Waals surface area contributed by atoms with Crippen molar-refractivity contribution in [1.82, 2.24) is 10.2 Å². The SMILES string of the molecule is CC1(C)CN(CCC(NC2CC2)C(N)=O)CC(C)(C)O1. The average Bonchev–Trinajstić information content (AvgIpc) is 3.02. The van der Waals surface area contributed by atoms with Crippen LogP contribution in [-0.4, -0.2) is 53.7 Å². The van der Waals surface area contributed by atoms with Crippen molar-refractivity contribution in [2.75, 3.05) is 19.6 Å². The lowest BCUT2D eigenvalue weighted by atomic mass is 9.98. The van der Waals surface area contributed by atoms with Crippen LogP contribution in [0.4, 0.5) is 0 Å². The molecule has 0 bridgehead atoms. The summed E-state index contributed by atoms with van der Waals surface area (Å²) in [6.45, 7) is 11.1. The van der Waals surface area contributed by atoms with Gasteiger partial charge < -0.3 is 15.8 Å². The van der Waals surface area contributed by atoms with E-state index < -0.39 is 0 Å². The largest absolute Gasteiger partial charge is 0.368 e. The Morgan fingerprint density at radius 1 is 1.30 bits per heavy atom. The number of ether oxygens (including phenoxy) is 1. The third kappa shape index (κ3) is 4.72. The summed E-state index contributed by atoms with van der Waals surface area (Å²) in [6, 6.07) is 0.307. The molecule has 1 saturated heterocycles. The third-order valence-electron chi connectivity index (χ3n) is 3.85. The maximum atomic E-state index is 11.5. The van der Waals surface area contributed by atoms with Gasteiger partial charge in [0.15, 0.2) is 0 Å². The predicted molar refractivity (Wildman–Crippen MR) is 79.4 cm³/mol. The second-order valence-electron chi connectivity index (χ2n) is 7.52. The highest BCUT2D eigenvalue weighted by Gasteiger charge is 2.38. The van der Waals surface area contributed by atoms with Gasteiger partial charge >= 0.3 is 0 Å². The number of hydrogen-bond donors (Lipinski definition) is 2. The Balaban J connectivity index is 1.86. The number of hydrogen-bond acceptors (Lipinski definition) is 4. The van der Waals surface area contributed by atoms with Crippen molar-refractivity contribution >= 4 is 5.91 Å². The van der Waals surface area contributed by atoms with E-state index in [2.05, 4.69) is 37.9 Å². The Kier molecular flexibility index (Phi) is 4.42. The van der Waals surface area contributed by atoms with Gasteiger partial charge in [-0.25, -0.2) is 0 Å². The third-order valence-corrected chi connectivity index (χ3v) is 3.85. The van der Waals surface area contributed by atoms with Crippen LogP contribution in [0.1, 0.15) is 47.0 Å². The van der Waals surface area contributed by atoms with E-state index in [1.54, 1.807) is 0 Å². The van der Waals surface area contributed by atoms with Gasteiger partial charge in [-0.3, -0.25) is 9.69 Å². The molecule has 0 spiro atoms. The Morgan fingerprint density at radius 3 is 2.30 bits per heavy atom. The zero-order valence-electron chi connectivity index (χ0n) is 13.2. The van der Waals surface area contributed by atoms with E-state index in [9.17, 15) is 4.79 Å². The summed E-state index contributed by atoms with van der Waals surface area (Å²) >= 11 is 0. The Hall–Kier alpha value is -0.650. The maximum Gasteiger partial charge on any atom is 0.234 e. The summed E-state index contributed by atoms with van der Waals surface area (Å²) in [7, 11) is 0. The molecule has 2 fully saturated rings. The molecule has 5 heteroatoms. The van der Waals surface area contributed by atoms with Gasteiger partial charge in [0, 0.05) is 25.7 Å². The number of morpholine rings is 1. The molecule has 1 aliphatic heterocycles. The summed E-state index contributed by atoms with van der Waals surface area (Å²) in [6.07, 6.45) is 3.11. The molecule has 1 atom stereocenters. The second kappa shape index (κ2) is 5.62. The van der Waals surface area contributed by atoms with Gasteiger partial charge in [-0.15, -0.1) is 0 Å². The molecule has 1 heterocycles. The maximum absolute atomic E-state index is 11.5. The molecule has 1 saturated carbocycles. The molecule has 1 unspecified atom stereocenters. The second-order valence-corrected chi connectivity index (χ2v) is 7.52. The lowest BCUT2D eigenvalue weighted by Gasteiger charge is -2.47. The van der Waals surface area contributed by atoms with Crippen LogP contribution < -0.4 is 11.1 Å². The number of carbonyl (C=O) groups excluding carboxylic acids is 1. The fourth-order valence-corrected chi connectivity index (χ4v) is 3.26. The lowest BCUT2D eigenvalue weighted by molar-refractivity contribution is -0.180. The summed E-state index contributed by atoms with van der Waals surface area (Å²) in [5, 5.41) is 3.34. The molecular formula is C15H29N3O2. The van der Waals surface area contributed by atoms with Gasteiger partial charge in [-0.1, -0.05) is 0 Å². The predicted octanol–water partition coefficient (Wildman–Crippen LogP) is 0.872. The highest BCUT2D eigenvalue weighted by atomic mass is 16.5. The quantitative estimate of drug-likeness (QED) is 0.759. The van der Waals surface area contributed by atoms with Crippen LogP contribution >= 0.6 is 0 Å². The van der Waals surface area contributed by atoms with Crippen LogP contribution in [0.2, 0.25) is 0 Å². The Morgan fingerprint density at radius 2 is 1.85 bits per heavy atom. The first kappa shape index (κ1) is 15.7. The van der Waals surface area contributed by atoms with Crippen molar-refractivity contribution in [3.8, 4) is 0 Å². The topological polar surface area (TPSA) is 67.6 Å². The van der Waals surface area contributed by atoms with E-state index in [4.69, 9.17) is 10.5 Å². The van der Waals surface area contributed by atoms with E-state index in [-0.39, 0.29) is 23.2 Å². The summed E-state index contributed by atoms with van der Waals surface area (Å²) in [5.41, 5.74) is 5.20. The van der Waals surface area contributed by atoms with Crippen molar-refractivity contribution in [3.63, 3.8) is 0 Å². The minimum absolute atomic E-state index is 0.145. The van der Waals surface area contributed by atoms with Crippen LogP contribution in [0.25, 0.3) is 0 Å². The highest BCUT2D eigenvalue weighted by molar-refractivity contribution is 5.79. The molecule has 0 aromatic heterocycles. The average molecular weight is 283 g/mol. The van der Waals surface area contributed by atoms with Gasteiger partial charge in [-0.05, 0) is 47.0 Å². The minimum Gasteiger partial charge on any atom is -0.368 e. The van der Waals surface area contributed by atoms with Crippen molar-refractivity contribution in [2.24, 2.45) is 5.73 Å². The zero-order chi connectivity index (χ0) is 15.0. The van der Waals surface area contributed by atoms with Gasteiger partial charge in [0.2, 0.25) is 5.91 Å². The van der Waals surface area contributed by atoms with Crippen molar-refractivity contribution < 1.29 is 9.53 Å². The molecule has 0 radical (unpaired) electrons. The lowest BCUT2D eigenvalue weighted by Crippen LogP contribution is -2.58. The van der Waals surface area contributed by atoms with E-state index in [0.717, 1.165) is 26.1 Å². The Bertz CT molecular complexity index is 348. The first-order valence-electron chi connectivity index (χ1n) is 7.65. The number of nitrogens with two attached hydrogens (primary N) is 1. The van der Waals surface area contributed by atoms with Crippen LogP contribution in [0.5, 0.6) is 0 Å². The Labute approximate surface area is 122 Å². The molecule has 0 aromatic rings. The molecule has 1 aliphatic carbocycles. The van der Waals surface area contributed by atoms with Crippen molar-refractivity contribution in [2.45, 2.75) is 70.2 Å².